The Labute approximate surface area is 89.1 Å². The lowest BCUT2D eigenvalue weighted by atomic mass is 10.1. The van der Waals surface area contributed by atoms with Gasteiger partial charge in [0.2, 0.25) is 0 Å². The van der Waals surface area contributed by atoms with Crippen LogP contribution < -0.4 is 5.32 Å². The molecule has 1 amide bonds. The molecule has 0 atom stereocenters. The number of nitrogens with one attached hydrogen (secondary N) is 1. The first-order chi connectivity index (χ1) is 6.77. The first-order valence-corrected chi connectivity index (χ1v) is 5.09. The van der Waals surface area contributed by atoms with E-state index in [1.807, 2.05) is 30.3 Å². The van der Waals surface area contributed by atoms with Crippen molar-refractivity contribution < 1.29 is 4.79 Å². The van der Waals surface area contributed by atoms with Crippen LogP contribution in [0, 0.1) is 0 Å². The Hall–Kier alpha value is -1.35. The van der Waals surface area contributed by atoms with E-state index in [1.54, 1.807) is 0 Å². The molecule has 0 saturated carbocycles. The van der Waals surface area contributed by atoms with Crippen molar-refractivity contribution in [3.63, 3.8) is 0 Å². The smallest absolute Gasteiger partial charge is 0.256 e. The van der Waals surface area contributed by atoms with Gasteiger partial charge in [0.05, 0.1) is 0 Å². The molecular weight excluding hydrogens is 242 g/mol. The molecule has 0 saturated heterocycles. The highest BCUT2D eigenvalue weighted by Crippen LogP contribution is 2.36. The monoisotopic (exact) mass is 247 g/mol. The van der Waals surface area contributed by atoms with Crippen LogP contribution in [-0.2, 0) is 0 Å². The zero-order chi connectivity index (χ0) is 9.71. The number of hydrogen-bond acceptors (Lipinski definition) is 1. The summed E-state index contributed by atoms with van der Waals surface area (Å²) in [7, 11) is 0. The van der Waals surface area contributed by atoms with Crippen molar-refractivity contribution in [2.75, 3.05) is 5.32 Å². The molecule has 0 unspecified atom stereocenters. The molecule has 0 bridgehead atoms. The molecule has 1 aliphatic heterocycles. The van der Waals surface area contributed by atoms with Gasteiger partial charge in [-0.3, -0.25) is 4.79 Å². The minimum Gasteiger partial charge on any atom is -0.321 e. The lowest BCUT2D eigenvalue weighted by molar-refractivity contribution is 0.103. The average Bonchev–Trinajstić information content (AvgIpc) is 2.50. The van der Waals surface area contributed by atoms with Crippen LogP contribution in [0.25, 0.3) is 10.8 Å². The molecule has 0 radical (unpaired) electrons. The number of halogens is 1. The van der Waals surface area contributed by atoms with Crippen molar-refractivity contribution in [3.8, 4) is 0 Å². The summed E-state index contributed by atoms with van der Waals surface area (Å²) in [5, 5.41) is 4.94. The quantitative estimate of drug-likeness (QED) is 0.762. The topological polar surface area (TPSA) is 29.1 Å². The van der Waals surface area contributed by atoms with Gasteiger partial charge in [-0.1, -0.05) is 28.1 Å². The third-order valence-corrected chi connectivity index (χ3v) is 3.17. The van der Waals surface area contributed by atoms with Gasteiger partial charge in [-0.2, -0.15) is 0 Å². The number of benzene rings is 2. The maximum Gasteiger partial charge on any atom is 0.256 e. The zero-order valence-corrected chi connectivity index (χ0v) is 8.76. The van der Waals surface area contributed by atoms with Gasteiger partial charge in [-0.05, 0) is 23.6 Å². The summed E-state index contributed by atoms with van der Waals surface area (Å²) >= 11 is 3.47. The number of carbonyl (C=O) groups is 1. The van der Waals surface area contributed by atoms with Gasteiger partial charge in [0, 0.05) is 21.1 Å². The standard InChI is InChI=1S/C11H6BrNO/c12-8-5-4-7-10-6(8)2-1-3-9(10)13-11(7)14/h1-5H,(H,13,14). The highest BCUT2D eigenvalue weighted by atomic mass is 79.9. The van der Waals surface area contributed by atoms with E-state index in [0.717, 1.165) is 26.5 Å². The van der Waals surface area contributed by atoms with Gasteiger partial charge >= 0.3 is 0 Å². The van der Waals surface area contributed by atoms with Gasteiger partial charge in [0.25, 0.3) is 5.91 Å². The van der Waals surface area contributed by atoms with E-state index in [1.165, 1.54) is 0 Å². The van der Waals surface area contributed by atoms with Crippen molar-refractivity contribution in [1.82, 2.24) is 0 Å². The van der Waals surface area contributed by atoms with Crippen LogP contribution in [0.4, 0.5) is 5.69 Å². The fourth-order valence-electron chi connectivity index (χ4n) is 1.85. The predicted molar refractivity (Wildman–Crippen MR) is 59.6 cm³/mol. The summed E-state index contributed by atoms with van der Waals surface area (Å²) in [4.78, 5) is 11.5. The normalized spacial score (nSPS) is 13.4. The molecule has 14 heavy (non-hydrogen) atoms. The lowest BCUT2D eigenvalue weighted by Gasteiger charge is -2.00. The molecule has 1 N–H and O–H groups in total. The van der Waals surface area contributed by atoms with Crippen molar-refractivity contribution in [3.05, 3.63) is 40.4 Å². The summed E-state index contributed by atoms with van der Waals surface area (Å²) in [6.45, 7) is 0. The fourth-order valence-corrected chi connectivity index (χ4v) is 2.32. The Morgan fingerprint density at radius 2 is 2.00 bits per heavy atom. The molecule has 1 aliphatic rings. The average molecular weight is 248 g/mol. The van der Waals surface area contributed by atoms with Gasteiger partial charge in [-0.25, -0.2) is 0 Å². The lowest BCUT2D eigenvalue weighted by Crippen LogP contribution is -2.03. The van der Waals surface area contributed by atoms with Crippen LogP contribution >= 0.6 is 15.9 Å². The Balaban J connectivity index is 2.59. The summed E-state index contributed by atoms with van der Waals surface area (Å²) in [5.74, 6) is -0.0105. The third-order valence-electron chi connectivity index (χ3n) is 2.48. The molecule has 2 aromatic rings. The number of carbonyl (C=O) groups excluding carboxylic acids is 1. The van der Waals surface area contributed by atoms with Gasteiger partial charge in [-0.15, -0.1) is 0 Å². The SMILES string of the molecule is O=C1Nc2cccc3c(Br)ccc1c23. The van der Waals surface area contributed by atoms with Crippen molar-refractivity contribution in [2.45, 2.75) is 0 Å². The van der Waals surface area contributed by atoms with E-state index in [0.29, 0.717) is 0 Å². The van der Waals surface area contributed by atoms with Crippen molar-refractivity contribution in [2.24, 2.45) is 0 Å². The van der Waals surface area contributed by atoms with Gasteiger partial charge in [0.15, 0.2) is 0 Å². The van der Waals surface area contributed by atoms with E-state index in [4.69, 9.17) is 0 Å². The molecule has 3 heteroatoms. The molecule has 0 fully saturated rings. The second kappa shape index (κ2) is 2.58. The number of hydrogen-bond donors (Lipinski definition) is 1. The van der Waals surface area contributed by atoms with Crippen LogP contribution in [0.1, 0.15) is 10.4 Å². The summed E-state index contributed by atoms with van der Waals surface area (Å²) in [6.07, 6.45) is 0. The summed E-state index contributed by atoms with van der Waals surface area (Å²) in [5.41, 5.74) is 1.67. The van der Waals surface area contributed by atoms with E-state index in [2.05, 4.69) is 21.2 Å². The van der Waals surface area contributed by atoms with Crippen LogP contribution in [-0.4, -0.2) is 5.91 Å². The first kappa shape index (κ1) is 8.00. The molecule has 2 nitrogen and oxygen atoms in total. The van der Waals surface area contributed by atoms with Crippen LogP contribution in [0.5, 0.6) is 0 Å². The van der Waals surface area contributed by atoms with E-state index in [-0.39, 0.29) is 5.91 Å². The molecule has 68 valence electrons. The minimum atomic E-state index is -0.0105. The van der Waals surface area contributed by atoms with Crippen LogP contribution in [0.2, 0.25) is 0 Å². The summed E-state index contributed by atoms with van der Waals surface area (Å²) in [6, 6.07) is 9.62. The number of rotatable bonds is 0. The molecule has 0 aliphatic carbocycles. The van der Waals surface area contributed by atoms with Crippen LogP contribution in [0.15, 0.2) is 34.8 Å². The highest BCUT2D eigenvalue weighted by Gasteiger charge is 2.21. The van der Waals surface area contributed by atoms with Crippen molar-refractivity contribution in [1.29, 1.82) is 0 Å². The first-order valence-electron chi connectivity index (χ1n) is 4.30. The summed E-state index contributed by atoms with van der Waals surface area (Å²) < 4.78 is 1.02. The van der Waals surface area contributed by atoms with Gasteiger partial charge in [0.1, 0.15) is 0 Å². The van der Waals surface area contributed by atoms with Crippen LogP contribution in [0.3, 0.4) is 0 Å². The zero-order valence-electron chi connectivity index (χ0n) is 7.17. The molecule has 2 aromatic carbocycles. The Bertz CT molecular complexity index is 562. The van der Waals surface area contributed by atoms with Crippen molar-refractivity contribution >= 4 is 38.3 Å². The molecule has 0 spiro atoms. The van der Waals surface area contributed by atoms with E-state index in [9.17, 15) is 4.79 Å². The Morgan fingerprint density at radius 1 is 1.14 bits per heavy atom. The van der Waals surface area contributed by atoms with E-state index >= 15 is 0 Å². The Kier molecular flexibility index (Phi) is 1.47. The molecule has 3 rings (SSSR count). The maximum absolute atomic E-state index is 11.5. The number of anilines is 1. The molecule has 0 aromatic heterocycles. The third kappa shape index (κ3) is 0.876. The predicted octanol–water partition coefficient (Wildman–Crippen LogP) is 3.17. The number of amides is 1. The second-order valence-electron chi connectivity index (χ2n) is 3.28. The minimum absolute atomic E-state index is 0.0105. The van der Waals surface area contributed by atoms with E-state index < -0.39 is 0 Å². The fraction of sp³-hybridized carbons (Fsp3) is 0. The van der Waals surface area contributed by atoms with Gasteiger partial charge < -0.3 is 5.32 Å². The molecule has 1 heterocycles. The maximum atomic E-state index is 11.5. The molecular formula is C11H6BrNO. The second-order valence-corrected chi connectivity index (χ2v) is 4.13. The Morgan fingerprint density at radius 3 is 2.86 bits per heavy atom. The largest absolute Gasteiger partial charge is 0.321 e. The highest BCUT2D eigenvalue weighted by molar-refractivity contribution is 9.10.